The molecule has 100 valence electrons. The molecule has 18 heavy (non-hydrogen) atoms. The molecule has 2 atom stereocenters. The molecule has 1 aliphatic rings. The van der Waals surface area contributed by atoms with Gasteiger partial charge in [-0.15, -0.1) is 0 Å². The molecule has 2 unspecified atom stereocenters. The fraction of sp³-hybridized carbons (Fsp3) is 0.667. The van der Waals surface area contributed by atoms with Crippen molar-refractivity contribution in [2.45, 2.75) is 32.7 Å². The molecule has 4 nitrogen and oxygen atoms in total. The lowest BCUT2D eigenvalue weighted by Gasteiger charge is -2.36. The predicted octanol–water partition coefficient (Wildman–Crippen LogP) is 3.21. The highest BCUT2D eigenvalue weighted by Gasteiger charge is 2.27. The van der Waals surface area contributed by atoms with Crippen molar-refractivity contribution in [3.8, 4) is 0 Å². The van der Waals surface area contributed by atoms with Crippen molar-refractivity contribution in [2.24, 2.45) is 5.92 Å². The van der Waals surface area contributed by atoms with Crippen LogP contribution in [0.1, 0.15) is 36.4 Å². The molecule has 1 fully saturated rings. The van der Waals surface area contributed by atoms with Crippen LogP contribution in [0.25, 0.3) is 0 Å². The summed E-state index contributed by atoms with van der Waals surface area (Å²) in [5, 5.41) is 1.06. The Morgan fingerprint density at radius 1 is 1.56 bits per heavy atom. The number of hydrogen-bond donors (Lipinski definition) is 0. The van der Waals surface area contributed by atoms with Crippen LogP contribution in [0.2, 0.25) is 5.15 Å². The van der Waals surface area contributed by atoms with Crippen molar-refractivity contribution in [2.75, 3.05) is 18.6 Å². The van der Waals surface area contributed by atoms with Crippen LogP contribution in [0, 0.1) is 5.92 Å². The zero-order chi connectivity index (χ0) is 13.3. The summed E-state index contributed by atoms with van der Waals surface area (Å²) in [7, 11) is 1.35. The number of carbonyl (C=O) groups is 1. The summed E-state index contributed by atoms with van der Waals surface area (Å²) >= 11 is 7.30. The van der Waals surface area contributed by atoms with Crippen LogP contribution in [0.5, 0.6) is 0 Å². The molecule has 1 saturated heterocycles. The number of methoxy groups -OCH3 is 1. The maximum absolute atomic E-state index is 11.5. The fourth-order valence-corrected chi connectivity index (χ4v) is 3.65. The van der Waals surface area contributed by atoms with E-state index in [-0.39, 0.29) is 5.15 Å². The summed E-state index contributed by atoms with van der Waals surface area (Å²) in [6.45, 7) is 5.41. The summed E-state index contributed by atoms with van der Waals surface area (Å²) in [6, 6.07) is 0.432. The molecule has 0 N–H and O–H groups in total. The maximum Gasteiger partial charge on any atom is 0.351 e. The van der Waals surface area contributed by atoms with Crippen LogP contribution in [-0.4, -0.2) is 30.6 Å². The van der Waals surface area contributed by atoms with E-state index in [2.05, 4.69) is 23.7 Å². The SMILES string of the molecule is COC(=O)c1sc(N2CCC(C)CC2C)nc1Cl. The lowest BCUT2D eigenvalue weighted by molar-refractivity contribution is 0.0606. The van der Waals surface area contributed by atoms with E-state index in [1.165, 1.54) is 18.4 Å². The van der Waals surface area contributed by atoms with Gasteiger partial charge >= 0.3 is 5.97 Å². The number of nitrogens with zero attached hydrogens (tertiary/aromatic N) is 2. The number of esters is 1. The normalized spacial score (nSPS) is 24.1. The van der Waals surface area contributed by atoms with Gasteiger partial charge in [0.25, 0.3) is 0 Å². The Kier molecular flexibility index (Phi) is 4.12. The second-order valence-corrected chi connectivity index (χ2v) is 6.12. The van der Waals surface area contributed by atoms with Crippen LogP contribution >= 0.6 is 22.9 Å². The summed E-state index contributed by atoms with van der Waals surface area (Å²) in [5.41, 5.74) is 0. The van der Waals surface area contributed by atoms with Gasteiger partial charge in [-0.3, -0.25) is 0 Å². The van der Waals surface area contributed by atoms with Crippen molar-refractivity contribution in [1.82, 2.24) is 4.98 Å². The molecule has 6 heteroatoms. The molecule has 0 spiro atoms. The Hall–Kier alpha value is -0.810. The molecular weight excluding hydrogens is 272 g/mol. The van der Waals surface area contributed by atoms with Crippen LogP contribution in [0.15, 0.2) is 0 Å². The van der Waals surface area contributed by atoms with Gasteiger partial charge < -0.3 is 9.64 Å². The highest BCUT2D eigenvalue weighted by Crippen LogP contribution is 2.34. The lowest BCUT2D eigenvalue weighted by atomic mass is 9.94. The van der Waals surface area contributed by atoms with Gasteiger partial charge in [0.2, 0.25) is 0 Å². The molecule has 1 aromatic rings. The van der Waals surface area contributed by atoms with E-state index in [1.807, 2.05) is 0 Å². The Bertz CT molecular complexity index is 449. The van der Waals surface area contributed by atoms with E-state index >= 15 is 0 Å². The third kappa shape index (κ3) is 2.62. The number of hydrogen-bond acceptors (Lipinski definition) is 5. The Morgan fingerprint density at radius 3 is 2.89 bits per heavy atom. The summed E-state index contributed by atoms with van der Waals surface area (Å²) in [5.74, 6) is 0.327. The number of rotatable bonds is 2. The van der Waals surface area contributed by atoms with E-state index < -0.39 is 5.97 Å². The van der Waals surface area contributed by atoms with Crippen LogP contribution < -0.4 is 4.90 Å². The van der Waals surface area contributed by atoms with Gasteiger partial charge in [-0.05, 0) is 25.7 Å². The number of ether oxygens (including phenoxy) is 1. The molecule has 2 heterocycles. The smallest absolute Gasteiger partial charge is 0.351 e. The molecule has 0 amide bonds. The van der Waals surface area contributed by atoms with E-state index in [9.17, 15) is 4.79 Å². The highest BCUT2D eigenvalue weighted by molar-refractivity contribution is 7.18. The average molecular weight is 289 g/mol. The minimum Gasteiger partial charge on any atom is -0.465 e. The Morgan fingerprint density at radius 2 is 2.28 bits per heavy atom. The molecule has 2 rings (SSSR count). The van der Waals surface area contributed by atoms with E-state index in [4.69, 9.17) is 16.3 Å². The minimum absolute atomic E-state index is 0.243. The van der Waals surface area contributed by atoms with Crippen LogP contribution in [0.4, 0.5) is 5.13 Å². The second kappa shape index (κ2) is 5.45. The number of halogens is 1. The molecular formula is C12H17ClN2O2S. The molecule has 0 bridgehead atoms. The van der Waals surface area contributed by atoms with Gasteiger partial charge in [-0.25, -0.2) is 9.78 Å². The average Bonchev–Trinajstić information content (AvgIpc) is 2.70. The third-order valence-electron chi connectivity index (χ3n) is 3.33. The first-order valence-electron chi connectivity index (χ1n) is 6.04. The third-order valence-corrected chi connectivity index (χ3v) is 4.79. The van der Waals surface area contributed by atoms with Crippen LogP contribution in [-0.2, 0) is 4.74 Å². The molecule has 0 aromatic carbocycles. The molecule has 0 saturated carbocycles. The fourth-order valence-electron chi connectivity index (χ4n) is 2.32. The van der Waals surface area contributed by atoms with E-state index in [1.54, 1.807) is 0 Å². The maximum atomic E-state index is 11.5. The molecule has 0 aliphatic carbocycles. The first-order valence-corrected chi connectivity index (χ1v) is 7.23. The van der Waals surface area contributed by atoms with Gasteiger partial charge in [0, 0.05) is 12.6 Å². The van der Waals surface area contributed by atoms with Gasteiger partial charge in [0.05, 0.1) is 7.11 Å². The van der Waals surface area contributed by atoms with Crippen molar-refractivity contribution < 1.29 is 9.53 Å². The van der Waals surface area contributed by atoms with Crippen molar-refractivity contribution >= 4 is 34.0 Å². The quantitative estimate of drug-likeness (QED) is 0.784. The number of thiazole rings is 1. The number of anilines is 1. The molecule has 1 aliphatic heterocycles. The summed E-state index contributed by atoms with van der Waals surface area (Å²) in [6.07, 6.45) is 2.29. The van der Waals surface area contributed by atoms with E-state index in [0.29, 0.717) is 10.9 Å². The topological polar surface area (TPSA) is 42.4 Å². The lowest BCUT2D eigenvalue weighted by Crippen LogP contribution is -2.40. The van der Waals surface area contributed by atoms with Crippen molar-refractivity contribution in [1.29, 1.82) is 0 Å². The predicted molar refractivity (Wildman–Crippen MR) is 73.7 cm³/mol. The number of aromatic nitrogens is 1. The van der Waals surface area contributed by atoms with Crippen molar-refractivity contribution in [3.05, 3.63) is 10.0 Å². The van der Waals surface area contributed by atoms with Crippen LogP contribution in [0.3, 0.4) is 0 Å². The Labute approximate surface area is 116 Å². The largest absolute Gasteiger partial charge is 0.465 e. The molecule has 1 aromatic heterocycles. The second-order valence-electron chi connectivity index (χ2n) is 4.78. The zero-order valence-electron chi connectivity index (χ0n) is 10.8. The first kappa shape index (κ1) is 13.6. The first-order chi connectivity index (χ1) is 8.52. The van der Waals surface area contributed by atoms with Gasteiger partial charge in [0.1, 0.15) is 0 Å². The zero-order valence-corrected chi connectivity index (χ0v) is 12.3. The van der Waals surface area contributed by atoms with Gasteiger partial charge in [0.15, 0.2) is 15.2 Å². The number of carbonyl (C=O) groups excluding carboxylic acids is 1. The minimum atomic E-state index is -0.415. The Balaban J connectivity index is 2.21. The number of piperidine rings is 1. The van der Waals surface area contributed by atoms with Gasteiger partial charge in [-0.2, -0.15) is 0 Å². The van der Waals surface area contributed by atoms with E-state index in [0.717, 1.165) is 30.4 Å². The highest BCUT2D eigenvalue weighted by atomic mass is 35.5. The summed E-state index contributed by atoms with van der Waals surface area (Å²) < 4.78 is 4.69. The summed E-state index contributed by atoms with van der Waals surface area (Å²) in [4.78, 5) is 18.4. The van der Waals surface area contributed by atoms with Crippen molar-refractivity contribution in [3.63, 3.8) is 0 Å². The monoisotopic (exact) mass is 288 g/mol. The van der Waals surface area contributed by atoms with Gasteiger partial charge in [-0.1, -0.05) is 29.9 Å². The standard InChI is InChI=1S/C12H17ClN2O2S/c1-7-4-5-15(8(2)6-7)12-14-10(13)9(18-12)11(16)17-3/h7-8H,4-6H2,1-3H3. The molecule has 0 radical (unpaired) electrons.